The first-order chi connectivity index (χ1) is 10.1. The average Bonchev–Trinajstić information content (AvgIpc) is 2.48. The van der Waals surface area contributed by atoms with Gasteiger partial charge in [-0.1, -0.05) is 54.6 Å². The van der Waals surface area contributed by atoms with Gasteiger partial charge in [-0.2, -0.15) is 0 Å². The van der Waals surface area contributed by atoms with E-state index in [9.17, 15) is 4.39 Å². The van der Waals surface area contributed by atoms with Crippen LogP contribution in [0.1, 0.15) is 51.0 Å². The van der Waals surface area contributed by atoms with Crippen LogP contribution >= 0.6 is 15.9 Å². The predicted molar refractivity (Wildman–Crippen MR) is 89.3 cm³/mol. The fourth-order valence-electron chi connectivity index (χ4n) is 3.57. The van der Waals surface area contributed by atoms with Crippen molar-refractivity contribution < 1.29 is 4.39 Å². The van der Waals surface area contributed by atoms with Gasteiger partial charge in [-0.3, -0.25) is 11.3 Å². The number of halogens is 2. The van der Waals surface area contributed by atoms with Crippen LogP contribution in [0, 0.1) is 17.7 Å². The molecule has 1 aliphatic carbocycles. The normalized spacial score (nSPS) is 24.0. The summed E-state index contributed by atoms with van der Waals surface area (Å²) in [4.78, 5) is 0. The van der Waals surface area contributed by atoms with E-state index in [1.54, 1.807) is 0 Å². The molecule has 4 heteroatoms. The lowest BCUT2D eigenvalue weighted by atomic mass is 9.76. The van der Waals surface area contributed by atoms with E-state index in [1.807, 2.05) is 12.1 Å². The van der Waals surface area contributed by atoms with Gasteiger partial charge < -0.3 is 0 Å². The van der Waals surface area contributed by atoms with Crippen molar-refractivity contribution in [1.29, 1.82) is 0 Å². The molecule has 1 atom stereocenters. The Morgan fingerprint density at radius 3 is 2.62 bits per heavy atom. The van der Waals surface area contributed by atoms with E-state index in [2.05, 4.69) is 28.3 Å². The van der Waals surface area contributed by atoms with Gasteiger partial charge in [0.25, 0.3) is 0 Å². The summed E-state index contributed by atoms with van der Waals surface area (Å²) in [5, 5.41) is 0. The lowest BCUT2D eigenvalue weighted by molar-refractivity contribution is 0.212. The zero-order valence-corrected chi connectivity index (χ0v) is 14.3. The average molecular weight is 357 g/mol. The minimum Gasteiger partial charge on any atom is -0.271 e. The Labute approximate surface area is 135 Å². The maximum Gasteiger partial charge on any atom is 0.127 e. The van der Waals surface area contributed by atoms with E-state index in [4.69, 9.17) is 5.84 Å². The zero-order chi connectivity index (χ0) is 15.2. The predicted octanol–water partition coefficient (Wildman–Crippen LogP) is 4.57. The van der Waals surface area contributed by atoms with Crippen molar-refractivity contribution in [2.24, 2.45) is 17.7 Å². The van der Waals surface area contributed by atoms with Crippen molar-refractivity contribution in [3.8, 4) is 0 Å². The van der Waals surface area contributed by atoms with Crippen LogP contribution < -0.4 is 11.3 Å². The topological polar surface area (TPSA) is 38.0 Å². The van der Waals surface area contributed by atoms with Gasteiger partial charge in [-0.15, -0.1) is 0 Å². The van der Waals surface area contributed by atoms with Crippen LogP contribution in [0.25, 0.3) is 0 Å². The van der Waals surface area contributed by atoms with E-state index in [0.29, 0.717) is 12.3 Å². The molecule has 118 valence electrons. The van der Waals surface area contributed by atoms with Crippen LogP contribution in [-0.4, -0.2) is 6.04 Å². The monoisotopic (exact) mass is 356 g/mol. The Balaban J connectivity index is 1.94. The van der Waals surface area contributed by atoms with Gasteiger partial charge >= 0.3 is 0 Å². The summed E-state index contributed by atoms with van der Waals surface area (Å²) < 4.78 is 14.8. The third kappa shape index (κ3) is 4.76. The zero-order valence-electron chi connectivity index (χ0n) is 12.7. The summed E-state index contributed by atoms with van der Waals surface area (Å²) >= 11 is 3.30. The molecule has 2 rings (SSSR count). The summed E-state index contributed by atoms with van der Waals surface area (Å²) in [6, 6.07) is 5.45. The highest BCUT2D eigenvalue weighted by Gasteiger charge is 2.27. The second-order valence-electron chi connectivity index (χ2n) is 6.28. The van der Waals surface area contributed by atoms with Crippen molar-refractivity contribution in [3.05, 3.63) is 34.1 Å². The summed E-state index contributed by atoms with van der Waals surface area (Å²) in [5.41, 5.74) is 3.68. The Morgan fingerprint density at radius 1 is 1.33 bits per heavy atom. The van der Waals surface area contributed by atoms with Gasteiger partial charge in [-0.05, 0) is 48.8 Å². The third-order valence-electron chi connectivity index (χ3n) is 4.83. The van der Waals surface area contributed by atoms with Crippen LogP contribution in [-0.2, 0) is 6.42 Å². The molecule has 0 heterocycles. The Morgan fingerprint density at radius 2 is 2.05 bits per heavy atom. The fourth-order valence-corrected chi connectivity index (χ4v) is 3.91. The van der Waals surface area contributed by atoms with Gasteiger partial charge in [0.05, 0.1) is 0 Å². The quantitative estimate of drug-likeness (QED) is 0.578. The Bertz CT molecular complexity index is 444. The molecular weight excluding hydrogens is 331 g/mol. The number of hydrazine groups is 1. The number of benzene rings is 1. The summed E-state index contributed by atoms with van der Waals surface area (Å²) in [5.74, 6) is 7.04. The Kier molecular flexibility index (Phi) is 6.65. The van der Waals surface area contributed by atoms with Crippen molar-refractivity contribution in [2.45, 2.75) is 57.9 Å². The molecular formula is C17H26BrFN2. The van der Waals surface area contributed by atoms with Crippen LogP contribution in [0.3, 0.4) is 0 Å². The molecule has 2 nitrogen and oxygen atoms in total. The molecule has 1 saturated carbocycles. The molecule has 0 aliphatic heterocycles. The second-order valence-corrected chi connectivity index (χ2v) is 7.20. The number of nitrogens with one attached hydrogen (secondary N) is 1. The maximum atomic E-state index is 14.0. The van der Waals surface area contributed by atoms with E-state index >= 15 is 0 Å². The molecule has 0 radical (unpaired) electrons. The molecule has 1 aromatic carbocycles. The van der Waals surface area contributed by atoms with Crippen LogP contribution in [0.4, 0.5) is 4.39 Å². The van der Waals surface area contributed by atoms with Gasteiger partial charge in [0, 0.05) is 10.5 Å². The van der Waals surface area contributed by atoms with Gasteiger partial charge in [0.1, 0.15) is 5.82 Å². The number of nitrogens with two attached hydrogens (primary N) is 1. The van der Waals surface area contributed by atoms with Crippen LogP contribution in [0.15, 0.2) is 22.7 Å². The van der Waals surface area contributed by atoms with Crippen molar-refractivity contribution in [1.82, 2.24) is 5.43 Å². The molecule has 0 bridgehead atoms. The third-order valence-corrected chi connectivity index (χ3v) is 5.32. The van der Waals surface area contributed by atoms with E-state index < -0.39 is 0 Å². The highest BCUT2D eigenvalue weighted by molar-refractivity contribution is 9.10. The Hall–Kier alpha value is -0.450. The first kappa shape index (κ1) is 16.9. The summed E-state index contributed by atoms with van der Waals surface area (Å²) in [6.45, 7) is 2.26. The smallest absolute Gasteiger partial charge is 0.127 e. The first-order valence-electron chi connectivity index (χ1n) is 8.04. The second kappa shape index (κ2) is 8.25. The fraction of sp³-hybridized carbons (Fsp3) is 0.647. The highest BCUT2D eigenvalue weighted by atomic mass is 79.9. The molecule has 0 aromatic heterocycles. The first-order valence-corrected chi connectivity index (χ1v) is 8.83. The minimum atomic E-state index is -0.149. The van der Waals surface area contributed by atoms with Gasteiger partial charge in [-0.25, -0.2) is 4.39 Å². The summed E-state index contributed by atoms with van der Waals surface area (Å²) in [7, 11) is 0. The lowest BCUT2D eigenvalue weighted by Gasteiger charge is -2.33. The standard InChI is InChI=1S/C17H26BrFN2/c1-2-3-12-4-6-13(7-5-12)17(21-20)10-14-8-9-15(18)11-16(14)19/h8-9,11-13,17,21H,2-7,10,20H2,1H3. The minimum absolute atomic E-state index is 0.149. The SMILES string of the molecule is CCCC1CCC(C(Cc2ccc(Br)cc2F)NN)CC1. The number of hydrogen-bond donors (Lipinski definition) is 2. The largest absolute Gasteiger partial charge is 0.271 e. The van der Waals surface area contributed by atoms with Crippen LogP contribution in [0.2, 0.25) is 0 Å². The molecule has 0 spiro atoms. The summed E-state index contributed by atoms with van der Waals surface area (Å²) in [6.07, 6.45) is 8.28. The molecule has 3 N–H and O–H groups in total. The lowest BCUT2D eigenvalue weighted by Crippen LogP contribution is -2.43. The van der Waals surface area contributed by atoms with E-state index in [-0.39, 0.29) is 11.9 Å². The molecule has 21 heavy (non-hydrogen) atoms. The van der Waals surface area contributed by atoms with Crippen LogP contribution in [0.5, 0.6) is 0 Å². The number of rotatable bonds is 6. The van der Waals surface area contributed by atoms with Crippen molar-refractivity contribution in [2.75, 3.05) is 0 Å². The highest BCUT2D eigenvalue weighted by Crippen LogP contribution is 2.34. The molecule has 1 aliphatic rings. The maximum absolute atomic E-state index is 14.0. The van der Waals surface area contributed by atoms with Gasteiger partial charge in [0.15, 0.2) is 0 Å². The van der Waals surface area contributed by atoms with E-state index in [0.717, 1.165) is 16.0 Å². The molecule has 1 unspecified atom stereocenters. The molecule has 0 amide bonds. The molecule has 1 fully saturated rings. The van der Waals surface area contributed by atoms with E-state index in [1.165, 1.54) is 44.6 Å². The van der Waals surface area contributed by atoms with Crippen molar-refractivity contribution >= 4 is 15.9 Å². The molecule has 0 saturated heterocycles. The molecule has 1 aromatic rings. The van der Waals surface area contributed by atoms with Crippen molar-refractivity contribution in [3.63, 3.8) is 0 Å². The van der Waals surface area contributed by atoms with Gasteiger partial charge in [0.2, 0.25) is 0 Å². The number of hydrogen-bond acceptors (Lipinski definition) is 2.